The Morgan fingerprint density at radius 2 is 0.902 bits per heavy atom. The SMILES string of the molecule is CCCCCCCCC/C=C/[C@@H](O)[C@H](CO[C@@H]1O[C@H](CO)[C@H](O)C(O)C1O)NC(=O)CCCCCCCCCCCCCCCCCCCCCCCCCCCCCCC. The van der Waals surface area contributed by atoms with Crippen molar-refractivity contribution in [2.75, 3.05) is 13.2 Å². The van der Waals surface area contributed by atoms with Gasteiger partial charge in [-0.05, 0) is 19.3 Å². The number of unbranched alkanes of at least 4 members (excludes halogenated alkanes) is 35. The Morgan fingerprint density at radius 1 is 0.541 bits per heavy atom. The van der Waals surface area contributed by atoms with Gasteiger partial charge in [-0.3, -0.25) is 4.79 Å². The fourth-order valence-electron chi connectivity index (χ4n) is 8.63. The lowest BCUT2D eigenvalue weighted by molar-refractivity contribution is -0.302. The third kappa shape index (κ3) is 33.1. The zero-order chi connectivity index (χ0) is 44.4. The molecule has 0 aromatic carbocycles. The number of carbonyl (C=O) groups is 1. The van der Waals surface area contributed by atoms with E-state index in [0.717, 1.165) is 38.5 Å². The molecule has 1 fully saturated rings. The minimum absolute atomic E-state index is 0.174. The van der Waals surface area contributed by atoms with Gasteiger partial charge in [-0.15, -0.1) is 0 Å². The standard InChI is InChI=1S/C52H101NO8/c1-3-5-7-9-11-13-14-15-16-17-18-19-20-21-22-23-24-25-26-27-28-29-30-31-32-34-36-38-40-42-48(56)53-45(46(55)41-39-37-35-33-12-10-8-6-4-2)44-60-52-51(59)50(58)49(57)47(43-54)61-52/h39,41,45-47,49-52,54-55,57-59H,3-38,40,42-44H2,1-2H3,(H,53,56)/b41-39+/t45-,46+,47+,49-,50?,51?,52+/m0/s1. The van der Waals surface area contributed by atoms with Gasteiger partial charge in [-0.2, -0.15) is 0 Å². The van der Waals surface area contributed by atoms with E-state index in [-0.39, 0.29) is 12.5 Å². The summed E-state index contributed by atoms with van der Waals surface area (Å²) in [6, 6.07) is -0.797. The van der Waals surface area contributed by atoms with Gasteiger partial charge in [0.05, 0.1) is 25.4 Å². The van der Waals surface area contributed by atoms with Gasteiger partial charge in [-0.25, -0.2) is 0 Å². The number of nitrogens with one attached hydrogen (secondary N) is 1. The highest BCUT2D eigenvalue weighted by atomic mass is 16.7. The Morgan fingerprint density at radius 3 is 1.28 bits per heavy atom. The molecular weight excluding hydrogens is 767 g/mol. The number of aliphatic hydroxyl groups excluding tert-OH is 5. The molecule has 0 aromatic rings. The molecule has 362 valence electrons. The van der Waals surface area contributed by atoms with Crippen molar-refractivity contribution in [1.82, 2.24) is 5.32 Å². The number of hydrogen-bond donors (Lipinski definition) is 6. The number of aliphatic hydroxyl groups is 5. The molecule has 1 amide bonds. The first-order valence-corrected chi connectivity index (χ1v) is 26.4. The number of ether oxygens (including phenoxy) is 2. The van der Waals surface area contributed by atoms with Crippen LogP contribution in [0.15, 0.2) is 12.2 Å². The maximum Gasteiger partial charge on any atom is 0.220 e. The summed E-state index contributed by atoms with van der Waals surface area (Å²) in [4.78, 5) is 13.0. The second-order valence-corrected chi connectivity index (χ2v) is 18.7. The van der Waals surface area contributed by atoms with Gasteiger partial charge in [0.1, 0.15) is 24.4 Å². The third-order valence-electron chi connectivity index (χ3n) is 12.9. The maximum absolute atomic E-state index is 13.0. The lowest BCUT2D eigenvalue weighted by Gasteiger charge is -2.40. The summed E-state index contributed by atoms with van der Waals surface area (Å²) in [7, 11) is 0. The average molecular weight is 868 g/mol. The second kappa shape index (κ2) is 42.9. The van der Waals surface area contributed by atoms with Crippen LogP contribution < -0.4 is 5.32 Å². The van der Waals surface area contributed by atoms with Crippen molar-refractivity contribution in [3.05, 3.63) is 12.2 Å². The Labute approximate surface area is 376 Å². The zero-order valence-corrected chi connectivity index (χ0v) is 39.9. The van der Waals surface area contributed by atoms with E-state index in [1.54, 1.807) is 6.08 Å². The lowest BCUT2D eigenvalue weighted by Crippen LogP contribution is -2.60. The van der Waals surface area contributed by atoms with Crippen LogP contribution >= 0.6 is 0 Å². The van der Waals surface area contributed by atoms with Crippen molar-refractivity contribution in [1.29, 1.82) is 0 Å². The Kier molecular flexibility index (Phi) is 40.7. The van der Waals surface area contributed by atoms with Gasteiger partial charge < -0.3 is 40.3 Å². The van der Waals surface area contributed by atoms with Crippen LogP contribution in [0.5, 0.6) is 0 Å². The molecule has 7 atom stereocenters. The van der Waals surface area contributed by atoms with Gasteiger partial charge in [0.15, 0.2) is 6.29 Å². The fourth-order valence-corrected chi connectivity index (χ4v) is 8.63. The molecule has 6 N–H and O–H groups in total. The van der Waals surface area contributed by atoms with E-state index in [1.165, 1.54) is 199 Å². The summed E-state index contributed by atoms with van der Waals surface area (Å²) in [6.07, 6.45) is 44.4. The smallest absolute Gasteiger partial charge is 0.220 e. The highest BCUT2D eigenvalue weighted by Gasteiger charge is 2.44. The molecule has 0 aliphatic carbocycles. The maximum atomic E-state index is 13.0. The monoisotopic (exact) mass is 868 g/mol. The van der Waals surface area contributed by atoms with Crippen LogP contribution in [0, 0.1) is 0 Å². The fraction of sp³-hybridized carbons (Fsp3) is 0.942. The van der Waals surface area contributed by atoms with Gasteiger partial charge in [-0.1, -0.05) is 244 Å². The van der Waals surface area contributed by atoms with E-state index in [1.807, 2.05) is 6.08 Å². The number of allylic oxidation sites excluding steroid dienone is 1. The summed E-state index contributed by atoms with van der Waals surface area (Å²) in [6.45, 7) is 3.76. The van der Waals surface area contributed by atoms with E-state index in [0.29, 0.717) is 6.42 Å². The molecule has 1 heterocycles. The molecule has 1 rings (SSSR count). The van der Waals surface area contributed by atoms with Crippen LogP contribution in [-0.4, -0.2) is 87.5 Å². The van der Waals surface area contributed by atoms with E-state index in [2.05, 4.69) is 19.2 Å². The van der Waals surface area contributed by atoms with Crippen LogP contribution in [0.3, 0.4) is 0 Å². The van der Waals surface area contributed by atoms with Gasteiger partial charge >= 0.3 is 0 Å². The highest BCUT2D eigenvalue weighted by Crippen LogP contribution is 2.23. The van der Waals surface area contributed by atoms with Gasteiger partial charge in [0.25, 0.3) is 0 Å². The van der Waals surface area contributed by atoms with Crippen LogP contribution in [0.2, 0.25) is 0 Å². The van der Waals surface area contributed by atoms with Crippen molar-refractivity contribution in [3.63, 3.8) is 0 Å². The van der Waals surface area contributed by atoms with Crippen LogP contribution in [0.1, 0.15) is 258 Å². The Hall–Kier alpha value is -1.07. The zero-order valence-electron chi connectivity index (χ0n) is 39.9. The van der Waals surface area contributed by atoms with E-state index in [4.69, 9.17) is 9.47 Å². The molecule has 0 aromatic heterocycles. The molecule has 0 radical (unpaired) electrons. The van der Waals surface area contributed by atoms with E-state index >= 15 is 0 Å². The minimum atomic E-state index is -1.56. The van der Waals surface area contributed by atoms with E-state index in [9.17, 15) is 30.3 Å². The predicted molar refractivity (Wildman–Crippen MR) is 254 cm³/mol. The van der Waals surface area contributed by atoms with E-state index < -0.39 is 49.5 Å². The third-order valence-corrected chi connectivity index (χ3v) is 12.9. The minimum Gasteiger partial charge on any atom is -0.394 e. The van der Waals surface area contributed by atoms with Crippen molar-refractivity contribution in [2.24, 2.45) is 0 Å². The predicted octanol–water partition coefficient (Wildman–Crippen LogP) is 12.1. The molecule has 0 spiro atoms. The summed E-state index contributed by atoms with van der Waals surface area (Å²) >= 11 is 0. The quantitative estimate of drug-likeness (QED) is 0.0262. The second-order valence-electron chi connectivity index (χ2n) is 18.7. The van der Waals surface area contributed by atoms with Crippen LogP contribution in [0.4, 0.5) is 0 Å². The van der Waals surface area contributed by atoms with Crippen LogP contribution in [-0.2, 0) is 14.3 Å². The summed E-state index contributed by atoms with van der Waals surface area (Å²) in [5, 5.41) is 54.1. The lowest BCUT2D eigenvalue weighted by atomic mass is 9.99. The summed E-state index contributed by atoms with van der Waals surface area (Å²) in [5.41, 5.74) is 0. The molecule has 1 aliphatic heterocycles. The first-order chi connectivity index (χ1) is 29.8. The average Bonchev–Trinajstić information content (AvgIpc) is 3.26. The molecule has 0 saturated carbocycles. The first kappa shape index (κ1) is 57.9. The van der Waals surface area contributed by atoms with Gasteiger partial charge in [0, 0.05) is 6.42 Å². The van der Waals surface area contributed by atoms with Crippen molar-refractivity contribution in [2.45, 2.75) is 301 Å². The number of rotatable bonds is 45. The number of carbonyl (C=O) groups excluding carboxylic acids is 1. The first-order valence-electron chi connectivity index (χ1n) is 26.4. The number of amides is 1. The molecular formula is C52H101NO8. The molecule has 9 nitrogen and oxygen atoms in total. The molecule has 2 unspecified atom stereocenters. The molecule has 1 aliphatic rings. The summed E-state index contributed by atoms with van der Waals surface area (Å²) in [5.74, 6) is -0.174. The molecule has 9 heteroatoms. The van der Waals surface area contributed by atoms with Crippen molar-refractivity contribution in [3.8, 4) is 0 Å². The normalized spacial score (nSPS) is 20.4. The molecule has 1 saturated heterocycles. The largest absolute Gasteiger partial charge is 0.394 e. The van der Waals surface area contributed by atoms with Crippen molar-refractivity contribution >= 4 is 5.91 Å². The molecule has 0 bridgehead atoms. The van der Waals surface area contributed by atoms with Crippen molar-refractivity contribution < 1.29 is 39.8 Å². The van der Waals surface area contributed by atoms with Crippen LogP contribution in [0.25, 0.3) is 0 Å². The Balaban J connectivity index is 2.10. The van der Waals surface area contributed by atoms with Gasteiger partial charge in [0.2, 0.25) is 5.91 Å². The summed E-state index contributed by atoms with van der Waals surface area (Å²) < 4.78 is 11.2. The Bertz CT molecular complexity index is 966. The topological polar surface area (TPSA) is 149 Å². The highest BCUT2D eigenvalue weighted by molar-refractivity contribution is 5.76. The molecule has 61 heavy (non-hydrogen) atoms. The number of hydrogen-bond acceptors (Lipinski definition) is 8.